The Morgan fingerprint density at radius 2 is 2.04 bits per heavy atom. The normalized spacial score (nSPS) is 32.6. The molecule has 1 spiro atoms. The zero-order chi connectivity index (χ0) is 17.7. The molecule has 0 bridgehead atoms. The first-order valence-corrected chi connectivity index (χ1v) is 10.5. The van der Waals surface area contributed by atoms with Crippen molar-refractivity contribution in [2.45, 2.75) is 70.9 Å². The fourth-order valence-corrected chi connectivity index (χ4v) is 5.22. The third kappa shape index (κ3) is 4.30. The molecule has 3 atom stereocenters. The summed E-state index contributed by atoms with van der Waals surface area (Å²) >= 11 is 0. The number of likely N-dealkylation sites (tertiary alicyclic amines) is 1. The molecule has 25 heavy (non-hydrogen) atoms. The van der Waals surface area contributed by atoms with Gasteiger partial charge in [0.1, 0.15) is 0 Å². The lowest BCUT2D eigenvalue weighted by Gasteiger charge is -2.54. The topological polar surface area (TPSA) is 48.9 Å². The van der Waals surface area contributed by atoms with Crippen LogP contribution in [0.25, 0.3) is 0 Å². The van der Waals surface area contributed by atoms with Gasteiger partial charge in [0.25, 0.3) is 0 Å². The molecule has 1 heterocycles. The van der Waals surface area contributed by atoms with E-state index in [0.717, 1.165) is 32.1 Å². The van der Waals surface area contributed by atoms with E-state index in [2.05, 4.69) is 36.4 Å². The molecule has 0 amide bonds. The van der Waals surface area contributed by atoms with E-state index in [-0.39, 0.29) is 0 Å². The second-order valence-corrected chi connectivity index (χ2v) is 8.31. The van der Waals surface area contributed by atoms with E-state index < -0.39 is 0 Å². The van der Waals surface area contributed by atoms with Crippen molar-refractivity contribution in [3.05, 3.63) is 0 Å². The number of ether oxygens (including phenoxy) is 1. The van der Waals surface area contributed by atoms with Crippen LogP contribution in [0, 0.1) is 11.3 Å². The minimum atomic E-state index is 0.358. The monoisotopic (exact) mass is 350 g/mol. The Balaban J connectivity index is 1.58. The minimum Gasteiger partial charge on any atom is -0.378 e. The van der Waals surface area contributed by atoms with Crippen molar-refractivity contribution < 1.29 is 4.74 Å². The Morgan fingerprint density at radius 3 is 2.72 bits per heavy atom. The molecule has 0 aromatic carbocycles. The molecular formula is C20H38N4O. The van der Waals surface area contributed by atoms with Gasteiger partial charge in [0.15, 0.2) is 5.96 Å². The van der Waals surface area contributed by atoms with Crippen LogP contribution in [0.1, 0.15) is 58.8 Å². The molecule has 0 aromatic rings. The van der Waals surface area contributed by atoms with Gasteiger partial charge in [-0.1, -0.05) is 12.8 Å². The van der Waals surface area contributed by atoms with Crippen molar-refractivity contribution >= 4 is 5.96 Å². The molecule has 2 N–H and O–H groups in total. The van der Waals surface area contributed by atoms with E-state index in [4.69, 9.17) is 9.73 Å². The van der Waals surface area contributed by atoms with Gasteiger partial charge in [-0.2, -0.15) is 0 Å². The minimum absolute atomic E-state index is 0.358. The summed E-state index contributed by atoms with van der Waals surface area (Å²) in [5.74, 6) is 1.72. The highest BCUT2D eigenvalue weighted by Crippen LogP contribution is 2.54. The van der Waals surface area contributed by atoms with Crippen LogP contribution in [0.3, 0.4) is 0 Å². The third-order valence-electron chi connectivity index (χ3n) is 6.57. The van der Waals surface area contributed by atoms with Crippen LogP contribution < -0.4 is 10.6 Å². The molecule has 1 aliphatic heterocycles. The highest BCUT2D eigenvalue weighted by atomic mass is 16.5. The molecule has 0 aromatic heterocycles. The van der Waals surface area contributed by atoms with E-state index >= 15 is 0 Å². The number of rotatable bonds is 6. The van der Waals surface area contributed by atoms with Crippen molar-refractivity contribution in [2.24, 2.45) is 16.3 Å². The molecule has 2 saturated carbocycles. The summed E-state index contributed by atoms with van der Waals surface area (Å²) in [4.78, 5) is 7.39. The Kier molecular flexibility index (Phi) is 6.61. The number of nitrogens with zero attached hydrogens (tertiary/aromatic N) is 2. The fraction of sp³-hybridized carbons (Fsp3) is 0.950. The Morgan fingerprint density at radius 1 is 1.24 bits per heavy atom. The van der Waals surface area contributed by atoms with Gasteiger partial charge < -0.3 is 20.3 Å². The van der Waals surface area contributed by atoms with Crippen LogP contribution >= 0.6 is 0 Å². The molecule has 5 nitrogen and oxygen atoms in total. The maximum absolute atomic E-state index is 6.05. The summed E-state index contributed by atoms with van der Waals surface area (Å²) < 4.78 is 6.05. The molecule has 2 aliphatic carbocycles. The SMILES string of the molecule is CCNC(=NCC1CCCN(C)C1)NC1CC(OCC)C12CCCC2. The van der Waals surface area contributed by atoms with E-state index in [1.165, 1.54) is 51.6 Å². The van der Waals surface area contributed by atoms with E-state index in [0.29, 0.717) is 23.5 Å². The van der Waals surface area contributed by atoms with Crippen LogP contribution in [0.5, 0.6) is 0 Å². The summed E-state index contributed by atoms with van der Waals surface area (Å²) in [7, 11) is 2.23. The Hall–Kier alpha value is -0.810. The summed E-state index contributed by atoms with van der Waals surface area (Å²) in [5.41, 5.74) is 0.358. The Bertz CT molecular complexity index is 447. The molecule has 3 aliphatic rings. The smallest absolute Gasteiger partial charge is 0.191 e. The van der Waals surface area contributed by atoms with Gasteiger partial charge in [0.2, 0.25) is 0 Å². The van der Waals surface area contributed by atoms with Crippen molar-refractivity contribution in [1.82, 2.24) is 15.5 Å². The maximum atomic E-state index is 6.05. The van der Waals surface area contributed by atoms with Gasteiger partial charge in [-0.25, -0.2) is 0 Å². The van der Waals surface area contributed by atoms with E-state index in [9.17, 15) is 0 Å². The second-order valence-electron chi connectivity index (χ2n) is 8.31. The number of aliphatic imine (C=N–C) groups is 1. The summed E-state index contributed by atoms with van der Waals surface area (Å²) in [5, 5.41) is 7.24. The van der Waals surface area contributed by atoms with Crippen LogP contribution in [0.4, 0.5) is 0 Å². The van der Waals surface area contributed by atoms with Gasteiger partial charge in [0, 0.05) is 37.7 Å². The number of piperidine rings is 1. The summed E-state index contributed by atoms with van der Waals surface area (Å²) in [6.07, 6.45) is 9.52. The first-order valence-electron chi connectivity index (χ1n) is 10.5. The van der Waals surface area contributed by atoms with Crippen LogP contribution in [0.2, 0.25) is 0 Å². The van der Waals surface area contributed by atoms with Crippen molar-refractivity contribution in [1.29, 1.82) is 0 Å². The third-order valence-corrected chi connectivity index (χ3v) is 6.57. The lowest BCUT2D eigenvalue weighted by Crippen LogP contribution is -2.65. The highest BCUT2D eigenvalue weighted by molar-refractivity contribution is 5.80. The van der Waals surface area contributed by atoms with Crippen LogP contribution in [-0.4, -0.2) is 62.8 Å². The predicted molar refractivity (Wildman–Crippen MR) is 104 cm³/mol. The van der Waals surface area contributed by atoms with Crippen LogP contribution in [0.15, 0.2) is 4.99 Å². The first-order chi connectivity index (χ1) is 12.2. The number of hydrogen-bond acceptors (Lipinski definition) is 3. The largest absolute Gasteiger partial charge is 0.378 e. The highest BCUT2D eigenvalue weighted by Gasteiger charge is 2.56. The van der Waals surface area contributed by atoms with Gasteiger partial charge in [-0.05, 0) is 65.5 Å². The Labute approximate surface area is 154 Å². The maximum Gasteiger partial charge on any atom is 0.191 e. The predicted octanol–water partition coefficient (Wildman–Crippen LogP) is 2.62. The zero-order valence-corrected chi connectivity index (χ0v) is 16.5. The molecule has 144 valence electrons. The summed E-state index contributed by atoms with van der Waals surface area (Å²) in [6, 6.07) is 0.526. The lowest BCUT2D eigenvalue weighted by molar-refractivity contribution is -0.125. The molecule has 3 unspecified atom stereocenters. The number of hydrogen-bond donors (Lipinski definition) is 2. The molecular weight excluding hydrogens is 312 g/mol. The molecule has 0 radical (unpaired) electrons. The number of guanidine groups is 1. The van der Waals surface area contributed by atoms with Crippen LogP contribution in [-0.2, 0) is 4.74 Å². The molecule has 5 heteroatoms. The quantitative estimate of drug-likeness (QED) is 0.571. The van der Waals surface area contributed by atoms with Gasteiger partial charge in [0.05, 0.1) is 6.10 Å². The van der Waals surface area contributed by atoms with E-state index in [1.807, 2.05) is 0 Å². The fourth-order valence-electron chi connectivity index (χ4n) is 5.22. The van der Waals surface area contributed by atoms with E-state index in [1.54, 1.807) is 0 Å². The van der Waals surface area contributed by atoms with Crippen molar-refractivity contribution in [3.8, 4) is 0 Å². The standard InChI is InChI=1S/C20H38N4O/c1-4-21-19(22-14-16-9-8-12-24(3)15-16)23-17-13-18(25-5-2)20(17)10-6-7-11-20/h16-18H,4-15H2,1-3H3,(H2,21,22,23). The van der Waals surface area contributed by atoms with Crippen molar-refractivity contribution in [2.75, 3.05) is 39.8 Å². The number of nitrogens with one attached hydrogen (secondary N) is 2. The zero-order valence-electron chi connectivity index (χ0n) is 16.5. The molecule has 3 fully saturated rings. The van der Waals surface area contributed by atoms with Gasteiger partial charge >= 0.3 is 0 Å². The second kappa shape index (κ2) is 8.72. The average molecular weight is 351 g/mol. The van der Waals surface area contributed by atoms with Crippen molar-refractivity contribution in [3.63, 3.8) is 0 Å². The first kappa shape index (κ1) is 19.0. The van der Waals surface area contributed by atoms with Gasteiger partial charge in [-0.3, -0.25) is 4.99 Å². The molecule has 1 saturated heterocycles. The average Bonchev–Trinajstić information content (AvgIpc) is 3.12. The lowest BCUT2D eigenvalue weighted by atomic mass is 9.60. The molecule has 3 rings (SSSR count). The van der Waals surface area contributed by atoms with Gasteiger partial charge in [-0.15, -0.1) is 0 Å². The summed E-state index contributed by atoms with van der Waals surface area (Å²) in [6.45, 7) is 9.39.